The van der Waals surface area contributed by atoms with E-state index >= 15 is 0 Å². The van der Waals surface area contributed by atoms with Gasteiger partial charge in [0.25, 0.3) is 5.91 Å². The van der Waals surface area contributed by atoms with Gasteiger partial charge in [0.1, 0.15) is 11.9 Å². The molecule has 2 N–H and O–H groups in total. The van der Waals surface area contributed by atoms with Crippen LogP contribution in [0.4, 0.5) is 5.69 Å². The van der Waals surface area contributed by atoms with Gasteiger partial charge in [0, 0.05) is 11.3 Å². The van der Waals surface area contributed by atoms with Crippen LogP contribution in [-0.2, 0) is 4.79 Å². The van der Waals surface area contributed by atoms with Crippen LogP contribution in [0.5, 0.6) is 0 Å². The van der Waals surface area contributed by atoms with Crippen LogP contribution in [0.2, 0.25) is 0 Å². The molecule has 1 aromatic heterocycles. The third kappa shape index (κ3) is 3.49. The Morgan fingerprint density at radius 2 is 2.24 bits per heavy atom. The number of amides is 1. The fourth-order valence-electron chi connectivity index (χ4n) is 2.11. The standard InChI is InChI=1S/C16H20N2O3/c1-4-7-16(3,20)15(19)18-13-10-12(6-5-11(13)2)14-17-8-9-21-14/h5-6,8-10,20H,4,7H2,1-3H3,(H,18,19). The molecule has 0 bridgehead atoms. The Hall–Kier alpha value is -2.14. The lowest BCUT2D eigenvalue weighted by Gasteiger charge is -2.22. The highest BCUT2D eigenvalue weighted by molar-refractivity contribution is 5.97. The molecule has 1 unspecified atom stereocenters. The summed E-state index contributed by atoms with van der Waals surface area (Å²) in [6.45, 7) is 5.35. The summed E-state index contributed by atoms with van der Waals surface area (Å²) >= 11 is 0. The summed E-state index contributed by atoms with van der Waals surface area (Å²) in [5.41, 5.74) is 0.953. The normalized spacial score (nSPS) is 13.7. The Bertz CT molecular complexity index is 618. The number of rotatable bonds is 5. The molecular weight excluding hydrogens is 268 g/mol. The number of hydrogen-bond acceptors (Lipinski definition) is 4. The molecule has 1 amide bonds. The lowest BCUT2D eigenvalue weighted by molar-refractivity contribution is -0.133. The molecule has 0 fully saturated rings. The maximum atomic E-state index is 12.2. The molecule has 1 atom stereocenters. The Morgan fingerprint density at radius 1 is 1.48 bits per heavy atom. The number of benzene rings is 1. The second-order valence-electron chi connectivity index (χ2n) is 5.34. The quantitative estimate of drug-likeness (QED) is 0.886. The van der Waals surface area contributed by atoms with Crippen molar-refractivity contribution in [3.8, 4) is 11.5 Å². The predicted molar refractivity (Wildman–Crippen MR) is 80.8 cm³/mol. The Labute approximate surface area is 124 Å². The van der Waals surface area contributed by atoms with Gasteiger partial charge in [0.2, 0.25) is 5.89 Å². The van der Waals surface area contributed by atoms with E-state index < -0.39 is 11.5 Å². The van der Waals surface area contributed by atoms with Crippen LogP contribution < -0.4 is 5.32 Å². The maximum absolute atomic E-state index is 12.2. The number of carbonyl (C=O) groups excluding carboxylic acids is 1. The largest absolute Gasteiger partial charge is 0.445 e. The van der Waals surface area contributed by atoms with Crippen LogP contribution in [0.3, 0.4) is 0 Å². The minimum Gasteiger partial charge on any atom is -0.445 e. The lowest BCUT2D eigenvalue weighted by atomic mass is 9.99. The molecule has 0 saturated heterocycles. The first-order chi connectivity index (χ1) is 9.94. The zero-order valence-electron chi connectivity index (χ0n) is 12.5. The Morgan fingerprint density at radius 3 is 2.86 bits per heavy atom. The summed E-state index contributed by atoms with van der Waals surface area (Å²) in [5.74, 6) is 0.0859. The number of aromatic nitrogens is 1. The molecule has 0 radical (unpaired) electrons. The highest BCUT2D eigenvalue weighted by atomic mass is 16.3. The number of nitrogens with zero attached hydrogens (tertiary/aromatic N) is 1. The van der Waals surface area contributed by atoms with Crippen molar-refractivity contribution < 1.29 is 14.3 Å². The number of aliphatic hydroxyl groups is 1. The SMILES string of the molecule is CCCC(C)(O)C(=O)Nc1cc(-c2ncco2)ccc1C. The van der Waals surface area contributed by atoms with E-state index in [1.54, 1.807) is 12.3 Å². The van der Waals surface area contributed by atoms with Gasteiger partial charge in [0.15, 0.2) is 0 Å². The zero-order valence-corrected chi connectivity index (χ0v) is 12.5. The first kappa shape index (κ1) is 15.3. The smallest absolute Gasteiger partial charge is 0.256 e. The molecule has 21 heavy (non-hydrogen) atoms. The first-order valence-corrected chi connectivity index (χ1v) is 6.98. The van der Waals surface area contributed by atoms with E-state index in [1.807, 2.05) is 26.0 Å². The molecule has 2 rings (SSSR count). The van der Waals surface area contributed by atoms with E-state index in [0.717, 1.165) is 17.5 Å². The van der Waals surface area contributed by atoms with Gasteiger partial charge < -0.3 is 14.8 Å². The fourth-order valence-corrected chi connectivity index (χ4v) is 2.11. The molecule has 5 heteroatoms. The summed E-state index contributed by atoms with van der Waals surface area (Å²) in [6.07, 6.45) is 4.21. The number of aryl methyl sites for hydroxylation is 1. The van der Waals surface area contributed by atoms with Crippen LogP contribution in [-0.4, -0.2) is 21.6 Å². The van der Waals surface area contributed by atoms with Crippen LogP contribution in [0.1, 0.15) is 32.3 Å². The van der Waals surface area contributed by atoms with Gasteiger partial charge in [-0.1, -0.05) is 19.4 Å². The Kier molecular flexibility index (Phi) is 4.43. The first-order valence-electron chi connectivity index (χ1n) is 6.98. The van der Waals surface area contributed by atoms with Gasteiger partial charge in [-0.3, -0.25) is 4.79 Å². The molecule has 0 aliphatic carbocycles. The van der Waals surface area contributed by atoms with E-state index in [2.05, 4.69) is 10.3 Å². The molecule has 0 spiro atoms. The van der Waals surface area contributed by atoms with E-state index in [1.165, 1.54) is 13.2 Å². The van der Waals surface area contributed by atoms with Gasteiger partial charge in [-0.05, 0) is 38.0 Å². The van der Waals surface area contributed by atoms with Crippen molar-refractivity contribution in [1.82, 2.24) is 4.98 Å². The van der Waals surface area contributed by atoms with Crippen molar-refractivity contribution in [3.05, 3.63) is 36.2 Å². The van der Waals surface area contributed by atoms with Crippen LogP contribution >= 0.6 is 0 Å². The predicted octanol–water partition coefficient (Wildman–Crippen LogP) is 3.14. The number of oxazole rings is 1. The maximum Gasteiger partial charge on any atom is 0.256 e. The zero-order chi connectivity index (χ0) is 15.5. The van der Waals surface area contributed by atoms with Gasteiger partial charge in [-0.25, -0.2) is 4.98 Å². The van der Waals surface area contributed by atoms with Crippen molar-refractivity contribution in [2.24, 2.45) is 0 Å². The molecule has 0 aliphatic rings. The van der Waals surface area contributed by atoms with Crippen molar-refractivity contribution in [3.63, 3.8) is 0 Å². The highest BCUT2D eigenvalue weighted by Crippen LogP contribution is 2.25. The summed E-state index contributed by atoms with van der Waals surface area (Å²) in [4.78, 5) is 16.3. The van der Waals surface area contributed by atoms with Gasteiger partial charge in [0.05, 0.1) is 6.20 Å². The average molecular weight is 288 g/mol. The molecule has 112 valence electrons. The van der Waals surface area contributed by atoms with Crippen molar-refractivity contribution in [2.75, 3.05) is 5.32 Å². The molecular formula is C16H20N2O3. The minimum absolute atomic E-state index is 0.406. The van der Waals surface area contributed by atoms with Gasteiger partial charge in [-0.15, -0.1) is 0 Å². The molecule has 0 saturated carbocycles. The van der Waals surface area contributed by atoms with Crippen LogP contribution in [0.15, 0.2) is 35.1 Å². The topological polar surface area (TPSA) is 75.4 Å². The number of anilines is 1. The number of hydrogen-bond donors (Lipinski definition) is 2. The second kappa shape index (κ2) is 6.10. The average Bonchev–Trinajstić information content (AvgIpc) is 2.95. The van der Waals surface area contributed by atoms with Crippen molar-refractivity contribution in [2.45, 2.75) is 39.2 Å². The highest BCUT2D eigenvalue weighted by Gasteiger charge is 2.29. The summed E-state index contributed by atoms with van der Waals surface area (Å²) in [6, 6.07) is 5.55. The molecule has 2 aromatic rings. The van der Waals surface area contributed by atoms with Gasteiger partial charge in [-0.2, -0.15) is 0 Å². The minimum atomic E-state index is -1.37. The van der Waals surface area contributed by atoms with E-state index in [9.17, 15) is 9.90 Å². The number of nitrogens with one attached hydrogen (secondary N) is 1. The van der Waals surface area contributed by atoms with E-state index in [0.29, 0.717) is 18.0 Å². The fraction of sp³-hybridized carbons (Fsp3) is 0.375. The molecule has 0 aliphatic heterocycles. The van der Waals surface area contributed by atoms with Crippen molar-refractivity contribution in [1.29, 1.82) is 0 Å². The Balaban J connectivity index is 2.24. The van der Waals surface area contributed by atoms with E-state index in [-0.39, 0.29) is 0 Å². The molecule has 5 nitrogen and oxygen atoms in total. The van der Waals surface area contributed by atoms with Crippen molar-refractivity contribution >= 4 is 11.6 Å². The number of carbonyl (C=O) groups is 1. The third-order valence-electron chi connectivity index (χ3n) is 3.39. The second-order valence-corrected chi connectivity index (χ2v) is 5.34. The summed E-state index contributed by atoms with van der Waals surface area (Å²) in [7, 11) is 0. The summed E-state index contributed by atoms with van der Waals surface area (Å²) < 4.78 is 5.25. The third-order valence-corrected chi connectivity index (χ3v) is 3.39. The molecule has 1 aromatic carbocycles. The van der Waals surface area contributed by atoms with E-state index in [4.69, 9.17) is 4.42 Å². The van der Waals surface area contributed by atoms with Crippen LogP contribution in [0, 0.1) is 6.92 Å². The monoisotopic (exact) mass is 288 g/mol. The van der Waals surface area contributed by atoms with Crippen LogP contribution in [0.25, 0.3) is 11.5 Å². The summed E-state index contributed by atoms with van der Waals surface area (Å²) in [5, 5.41) is 12.9. The van der Waals surface area contributed by atoms with Gasteiger partial charge >= 0.3 is 0 Å². The molecule has 1 heterocycles. The lowest BCUT2D eigenvalue weighted by Crippen LogP contribution is -2.39.